The van der Waals surface area contributed by atoms with E-state index < -0.39 is 15.8 Å². The third-order valence-corrected chi connectivity index (χ3v) is 4.72. The topological polar surface area (TPSA) is 58.2 Å². The summed E-state index contributed by atoms with van der Waals surface area (Å²) in [5.74, 6) is -0.558. The fourth-order valence-corrected chi connectivity index (χ4v) is 3.78. The molecule has 0 aliphatic rings. The van der Waals surface area contributed by atoms with Crippen LogP contribution in [0.3, 0.4) is 0 Å². The molecule has 1 rings (SSSR count). The summed E-state index contributed by atoms with van der Waals surface area (Å²) in [6.45, 7) is 3.54. The number of hydrogen-bond acceptors (Lipinski definition) is 3. The van der Waals surface area contributed by atoms with Crippen LogP contribution >= 0.6 is 27.5 Å². The van der Waals surface area contributed by atoms with Crippen molar-refractivity contribution in [2.24, 2.45) is 0 Å². The van der Waals surface area contributed by atoms with Crippen LogP contribution in [-0.4, -0.2) is 27.3 Å². The third-order valence-electron chi connectivity index (χ3n) is 2.46. The lowest BCUT2D eigenvalue weighted by molar-refractivity contribution is 0.593. The first-order valence-electron chi connectivity index (χ1n) is 6.21. The summed E-state index contributed by atoms with van der Waals surface area (Å²) < 4.78 is 39.5. The van der Waals surface area contributed by atoms with Gasteiger partial charge in [0.1, 0.15) is 5.82 Å². The van der Waals surface area contributed by atoms with Crippen molar-refractivity contribution in [3.8, 4) is 0 Å². The summed E-state index contributed by atoms with van der Waals surface area (Å²) in [4.78, 5) is 0. The number of rotatable bonds is 8. The van der Waals surface area contributed by atoms with Gasteiger partial charge in [-0.1, -0.05) is 18.5 Å². The Morgan fingerprint density at radius 3 is 2.65 bits per heavy atom. The summed E-state index contributed by atoms with van der Waals surface area (Å²) in [7, 11) is -3.51. The Hall–Kier alpha value is -0.370. The minimum absolute atomic E-state index is 0.0181. The fourth-order valence-electron chi connectivity index (χ4n) is 1.54. The summed E-state index contributed by atoms with van der Waals surface area (Å²) in [6, 6.07) is 2.22. The molecular formula is C12H17BrClFN2O2S. The molecule has 0 heterocycles. The molecule has 8 heteroatoms. The average Bonchev–Trinajstić information content (AvgIpc) is 2.33. The fraction of sp³-hybridized carbons (Fsp3) is 0.500. The Balaban J connectivity index is 2.63. The molecule has 114 valence electrons. The van der Waals surface area contributed by atoms with Crippen LogP contribution in [0.15, 0.2) is 16.6 Å². The molecule has 0 aliphatic heterocycles. The highest BCUT2D eigenvalue weighted by Gasteiger charge is 2.15. The van der Waals surface area contributed by atoms with Gasteiger partial charge in [-0.3, -0.25) is 4.72 Å². The predicted octanol–water partition coefficient (Wildman–Crippen LogP) is 3.37. The summed E-state index contributed by atoms with van der Waals surface area (Å²) >= 11 is 8.92. The highest BCUT2D eigenvalue weighted by Crippen LogP contribution is 2.32. The molecule has 0 atom stereocenters. The standard InChI is InChI=1S/C12H17BrClFN2O2S/c1-2-4-16-5-3-6-20(18,19)17-12-10(13)7-9(15)8-11(12)14/h7-8,16-17H,2-6H2,1H3. The molecule has 0 bridgehead atoms. The van der Waals surface area contributed by atoms with E-state index in [1.807, 2.05) is 6.92 Å². The minimum atomic E-state index is -3.51. The monoisotopic (exact) mass is 386 g/mol. The first kappa shape index (κ1) is 17.7. The molecule has 0 aliphatic carbocycles. The molecule has 0 fully saturated rings. The van der Waals surface area contributed by atoms with Crippen LogP contribution in [0.2, 0.25) is 5.02 Å². The minimum Gasteiger partial charge on any atom is -0.317 e. The van der Waals surface area contributed by atoms with Crippen molar-refractivity contribution in [2.45, 2.75) is 19.8 Å². The highest BCUT2D eigenvalue weighted by atomic mass is 79.9. The smallest absolute Gasteiger partial charge is 0.232 e. The maximum Gasteiger partial charge on any atom is 0.232 e. The molecule has 0 amide bonds. The molecule has 0 saturated carbocycles. The quantitative estimate of drug-likeness (QED) is 0.672. The van der Waals surface area contributed by atoms with Crippen LogP contribution in [0, 0.1) is 5.82 Å². The molecule has 1 aromatic rings. The van der Waals surface area contributed by atoms with Crippen molar-refractivity contribution < 1.29 is 12.8 Å². The van der Waals surface area contributed by atoms with Crippen molar-refractivity contribution in [3.05, 3.63) is 27.4 Å². The molecule has 0 unspecified atom stereocenters. The van der Waals surface area contributed by atoms with Crippen LogP contribution < -0.4 is 10.0 Å². The van der Waals surface area contributed by atoms with Crippen LogP contribution in [-0.2, 0) is 10.0 Å². The first-order chi connectivity index (χ1) is 9.35. The number of hydrogen-bond donors (Lipinski definition) is 2. The van der Waals surface area contributed by atoms with Gasteiger partial charge in [0.2, 0.25) is 10.0 Å². The lowest BCUT2D eigenvalue weighted by Crippen LogP contribution is -2.22. The number of benzene rings is 1. The van der Waals surface area contributed by atoms with Gasteiger partial charge in [0, 0.05) is 4.47 Å². The molecule has 0 radical (unpaired) electrons. The Bertz CT molecular complexity index is 531. The van der Waals surface area contributed by atoms with Crippen molar-refractivity contribution in [3.63, 3.8) is 0 Å². The number of nitrogens with one attached hydrogen (secondary N) is 2. The van der Waals surface area contributed by atoms with Gasteiger partial charge in [-0.15, -0.1) is 0 Å². The summed E-state index contributed by atoms with van der Waals surface area (Å²) in [5.41, 5.74) is 0.162. The van der Waals surface area contributed by atoms with Crippen LogP contribution in [0.5, 0.6) is 0 Å². The Morgan fingerprint density at radius 2 is 2.05 bits per heavy atom. The van der Waals surface area contributed by atoms with Gasteiger partial charge < -0.3 is 5.32 Å². The largest absolute Gasteiger partial charge is 0.317 e. The van der Waals surface area contributed by atoms with Gasteiger partial charge in [0.15, 0.2) is 0 Å². The molecule has 20 heavy (non-hydrogen) atoms. The predicted molar refractivity (Wildman–Crippen MR) is 84.3 cm³/mol. The summed E-state index contributed by atoms with van der Waals surface area (Å²) in [6.07, 6.45) is 1.49. The van der Waals surface area contributed by atoms with Crippen molar-refractivity contribution >= 4 is 43.2 Å². The van der Waals surface area contributed by atoms with Gasteiger partial charge in [-0.05, 0) is 54.0 Å². The van der Waals surface area contributed by atoms with E-state index in [1.54, 1.807) is 0 Å². The van der Waals surface area contributed by atoms with E-state index in [0.717, 1.165) is 25.1 Å². The lowest BCUT2D eigenvalue weighted by atomic mass is 10.3. The molecule has 0 saturated heterocycles. The Kier molecular flexibility index (Phi) is 7.22. The van der Waals surface area contributed by atoms with Crippen LogP contribution in [0.25, 0.3) is 0 Å². The van der Waals surface area contributed by atoms with Crippen molar-refractivity contribution in [1.82, 2.24) is 5.32 Å². The first-order valence-corrected chi connectivity index (χ1v) is 9.04. The van der Waals surface area contributed by atoms with E-state index in [9.17, 15) is 12.8 Å². The SMILES string of the molecule is CCCNCCCS(=O)(=O)Nc1c(Cl)cc(F)cc1Br. The summed E-state index contributed by atoms with van der Waals surface area (Å²) in [5, 5.41) is 3.14. The zero-order valence-corrected chi connectivity index (χ0v) is 14.2. The molecule has 0 spiro atoms. The lowest BCUT2D eigenvalue weighted by Gasteiger charge is -2.11. The van der Waals surface area contributed by atoms with Crippen molar-refractivity contribution in [2.75, 3.05) is 23.6 Å². The van der Waals surface area contributed by atoms with E-state index >= 15 is 0 Å². The van der Waals surface area contributed by atoms with E-state index in [1.165, 1.54) is 0 Å². The zero-order valence-electron chi connectivity index (χ0n) is 11.0. The number of sulfonamides is 1. The van der Waals surface area contributed by atoms with Gasteiger partial charge in [-0.2, -0.15) is 0 Å². The molecule has 0 aromatic heterocycles. The van der Waals surface area contributed by atoms with Crippen LogP contribution in [0.1, 0.15) is 19.8 Å². The van der Waals surface area contributed by atoms with E-state index in [0.29, 0.717) is 13.0 Å². The van der Waals surface area contributed by atoms with Gasteiger partial charge in [0.05, 0.1) is 16.5 Å². The van der Waals surface area contributed by atoms with Crippen LogP contribution in [0.4, 0.5) is 10.1 Å². The van der Waals surface area contributed by atoms with E-state index in [2.05, 4.69) is 26.0 Å². The normalized spacial score (nSPS) is 11.6. The highest BCUT2D eigenvalue weighted by molar-refractivity contribution is 9.10. The van der Waals surface area contributed by atoms with E-state index in [4.69, 9.17) is 11.6 Å². The third kappa shape index (κ3) is 5.95. The Labute approximate surface area is 132 Å². The molecule has 2 N–H and O–H groups in total. The maximum absolute atomic E-state index is 13.1. The second-order valence-corrected chi connectivity index (χ2v) is 7.37. The Morgan fingerprint density at radius 1 is 1.35 bits per heavy atom. The number of anilines is 1. The zero-order chi connectivity index (χ0) is 15.2. The van der Waals surface area contributed by atoms with E-state index in [-0.39, 0.29) is 20.9 Å². The van der Waals surface area contributed by atoms with Gasteiger partial charge >= 0.3 is 0 Å². The number of halogens is 3. The van der Waals surface area contributed by atoms with Gasteiger partial charge in [0.25, 0.3) is 0 Å². The molecule has 1 aromatic carbocycles. The second-order valence-electron chi connectivity index (χ2n) is 4.27. The molecular weight excluding hydrogens is 371 g/mol. The average molecular weight is 388 g/mol. The molecule has 4 nitrogen and oxygen atoms in total. The maximum atomic E-state index is 13.1. The second kappa shape index (κ2) is 8.17. The van der Waals surface area contributed by atoms with Crippen molar-refractivity contribution in [1.29, 1.82) is 0 Å². The van der Waals surface area contributed by atoms with Gasteiger partial charge in [-0.25, -0.2) is 12.8 Å².